The van der Waals surface area contributed by atoms with Crippen LogP contribution in [0.15, 0.2) is 70.5 Å². The highest BCUT2D eigenvalue weighted by Crippen LogP contribution is 2.53. The topological polar surface area (TPSA) is 29.1 Å². The van der Waals surface area contributed by atoms with Crippen molar-refractivity contribution in [3.8, 4) is 0 Å². The summed E-state index contributed by atoms with van der Waals surface area (Å²) in [6, 6.07) is 12.9. The molecule has 0 aromatic heterocycles. The first kappa shape index (κ1) is 19.8. The van der Waals surface area contributed by atoms with E-state index in [9.17, 15) is 30.6 Å². The minimum Gasteiger partial charge on any atom is -0.237 e. The van der Waals surface area contributed by atoms with Gasteiger partial charge in [0.15, 0.2) is 0 Å². The Morgan fingerprint density at radius 1 is 0.760 bits per heavy atom. The van der Waals surface area contributed by atoms with Crippen molar-refractivity contribution in [3.05, 3.63) is 60.7 Å². The monoisotopic (exact) mass is 399 g/mol. The van der Waals surface area contributed by atoms with Gasteiger partial charge in [0.1, 0.15) is 11.0 Å². The molecule has 0 spiro atoms. The van der Waals surface area contributed by atoms with Crippen LogP contribution in [0.4, 0.5) is 26.3 Å². The summed E-state index contributed by atoms with van der Waals surface area (Å²) < 4.78 is 94.4. The van der Waals surface area contributed by atoms with Crippen LogP contribution in [0.25, 0.3) is 0 Å². The molecule has 0 heterocycles. The first-order valence-corrected chi connectivity index (χ1v) is 8.65. The molecule has 10 heteroatoms. The largest absolute Gasteiger partial charge is 0.426 e. The minimum absolute atomic E-state index is 0.200. The van der Waals surface area contributed by atoms with Crippen molar-refractivity contribution in [2.45, 2.75) is 27.0 Å². The summed E-state index contributed by atoms with van der Waals surface area (Å²) in [6.07, 6.45) is -11.5. The fraction of sp³-hybridized carbons (Fsp3) is 0.200. The molecular weight excluding hydrogens is 388 g/mol. The predicted molar refractivity (Wildman–Crippen MR) is 83.1 cm³/mol. The van der Waals surface area contributed by atoms with Gasteiger partial charge >= 0.3 is 12.4 Å². The molecule has 0 aliphatic carbocycles. The van der Waals surface area contributed by atoms with Crippen molar-refractivity contribution in [2.75, 3.05) is 0 Å². The lowest BCUT2D eigenvalue weighted by atomic mass is 10.3. The van der Waals surface area contributed by atoms with Crippen LogP contribution in [0.5, 0.6) is 0 Å². The molecule has 25 heavy (non-hydrogen) atoms. The van der Waals surface area contributed by atoms with Gasteiger partial charge in [-0.2, -0.15) is 26.3 Å². The summed E-state index contributed by atoms with van der Waals surface area (Å²) in [5, 5.41) is 0. The molecule has 0 saturated carbocycles. The quantitative estimate of drug-likeness (QED) is 0.440. The van der Waals surface area contributed by atoms with Gasteiger partial charge in [-0.1, -0.05) is 48.2 Å². The Morgan fingerprint density at radius 2 is 1.20 bits per heavy atom. The molecule has 0 radical (unpaired) electrons. The van der Waals surface area contributed by atoms with E-state index in [2.05, 4.69) is 0 Å². The van der Waals surface area contributed by atoms with Crippen LogP contribution in [-0.4, -0.2) is 21.4 Å². The molecule has 1 unspecified atom stereocenters. The van der Waals surface area contributed by atoms with Gasteiger partial charge in [0.25, 0.3) is 4.87 Å². The van der Waals surface area contributed by atoms with Gasteiger partial charge in [-0.05, 0) is 24.3 Å². The third-order valence-electron chi connectivity index (χ3n) is 3.01. The third-order valence-corrected chi connectivity index (χ3v) is 5.71. The first-order chi connectivity index (χ1) is 11.6. The highest BCUT2D eigenvalue weighted by atomic mass is 32.2. The molecule has 0 aliphatic heterocycles. The fourth-order valence-electron chi connectivity index (χ4n) is 1.81. The SMILES string of the molecule is O=S(NC(Sc1ccccc1)(C(F)(F)F)C(F)(F)F)c1ccccc1. The third kappa shape index (κ3) is 4.36. The molecule has 2 aromatic carbocycles. The molecule has 2 rings (SSSR count). The standard InChI is InChI=1S/C15H11F6NOS2/c16-14(17,18)13(15(19,20)21,24-11-7-3-1-4-8-11)22-25(23)12-9-5-2-6-10-12/h1-10,22H. The van der Waals surface area contributed by atoms with Gasteiger partial charge in [0, 0.05) is 4.90 Å². The van der Waals surface area contributed by atoms with Crippen LogP contribution in [0.2, 0.25) is 0 Å². The van der Waals surface area contributed by atoms with E-state index in [1.165, 1.54) is 53.3 Å². The molecule has 0 saturated heterocycles. The van der Waals surface area contributed by atoms with Gasteiger partial charge in [0.05, 0.1) is 4.90 Å². The summed E-state index contributed by atoms with van der Waals surface area (Å²) in [7, 11) is -2.73. The van der Waals surface area contributed by atoms with E-state index in [1.54, 1.807) is 0 Å². The maximum Gasteiger partial charge on any atom is 0.426 e. The Labute approximate surface area is 146 Å². The van der Waals surface area contributed by atoms with Crippen LogP contribution < -0.4 is 4.72 Å². The lowest BCUT2D eigenvalue weighted by Gasteiger charge is -2.36. The van der Waals surface area contributed by atoms with E-state index in [0.717, 1.165) is 12.1 Å². The number of alkyl halides is 6. The number of benzene rings is 2. The number of nitrogens with one attached hydrogen (secondary N) is 1. The molecule has 1 N–H and O–H groups in total. The van der Waals surface area contributed by atoms with Crippen LogP contribution in [0, 0.1) is 0 Å². The Morgan fingerprint density at radius 3 is 1.64 bits per heavy atom. The van der Waals surface area contributed by atoms with Gasteiger partial charge in [0.2, 0.25) is 0 Å². The molecule has 2 nitrogen and oxygen atoms in total. The van der Waals surface area contributed by atoms with Gasteiger partial charge < -0.3 is 0 Å². The Balaban J connectivity index is 2.49. The summed E-state index contributed by atoms with van der Waals surface area (Å²) >= 11 is -0.481. The minimum atomic E-state index is -5.75. The van der Waals surface area contributed by atoms with Gasteiger partial charge in [-0.25, -0.2) is 8.93 Å². The Kier molecular flexibility index (Phi) is 5.85. The van der Waals surface area contributed by atoms with Crippen molar-refractivity contribution >= 4 is 22.7 Å². The second-order valence-electron chi connectivity index (χ2n) is 4.78. The highest BCUT2D eigenvalue weighted by molar-refractivity contribution is 8.01. The van der Waals surface area contributed by atoms with Gasteiger partial charge in [-0.15, -0.1) is 0 Å². The molecule has 0 amide bonds. The molecule has 0 bridgehead atoms. The zero-order valence-corrected chi connectivity index (χ0v) is 13.9. The Hall–Kier alpha value is -1.52. The molecule has 1 atom stereocenters. The fourth-order valence-corrected chi connectivity index (χ4v) is 4.10. The van der Waals surface area contributed by atoms with Crippen LogP contribution in [-0.2, 0) is 11.0 Å². The predicted octanol–water partition coefficient (Wildman–Crippen LogP) is 4.91. The second kappa shape index (κ2) is 7.38. The lowest BCUT2D eigenvalue weighted by molar-refractivity contribution is -0.267. The zero-order valence-electron chi connectivity index (χ0n) is 12.3. The summed E-state index contributed by atoms with van der Waals surface area (Å²) in [4.78, 5) is -4.90. The van der Waals surface area contributed by atoms with E-state index in [1.807, 2.05) is 0 Å². The highest BCUT2D eigenvalue weighted by Gasteiger charge is 2.72. The summed E-state index contributed by atoms with van der Waals surface area (Å²) in [6.45, 7) is 0. The first-order valence-electron chi connectivity index (χ1n) is 6.69. The molecule has 0 fully saturated rings. The van der Waals surface area contributed by atoms with Crippen molar-refractivity contribution in [1.82, 2.24) is 4.72 Å². The molecule has 2 aromatic rings. The normalized spacial score (nSPS) is 14.3. The van der Waals surface area contributed by atoms with E-state index in [4.69, 9.17) is 0 Å². The number of thioether (sulfide) groups is 1. The average Bonchev–Trinajstić information content (AvgIpc) is 2.54. The summed E-state index contributed by atoms with van der Waals surface area (Å²) in [5.41, 5.74) is 0. The lowest BCUT2D eigenvalue weighted by Crippen LogP contribution is -2.64. The molecule has 136 valence electrons. The second-order valence-corrected chi connectivity index (χ2v) is 7.28. The zero-order chi connectivity index (χ0) is 18.7. The van der Waals surface area contributed by atoms with Crippen LogP contribution in [0.3, 0.4) is 0 Å². The molecular formula is C15H11F6NOS2. The van der Waals surface area contributed by atoms with Crippen molar-refractivity contribution in [2.24, 2.45) is 0 Å². The molecule has 0 aliphatic rings. The number of hydrogen-bond acceptors (Lipinski definition) is 2. The van der Waals surface area contributed by atoms with Crippen molar-refractivity contribution < 1.29 is 30.6 Å². The van der Waals surface area contributed by atoms with Crippen LogP contribution >= 0.6 is 11.8 Å². The van der Waals surface area contributed by atoms with Crippen molar-refractivity contribution in [3.63, 3.8) is 0 Å². The van der Waals surface area contributed by atoms with E-state index < -0.39 is 40.0 Å². The average molecular weight is 399 g/mol. The maximum atomic E-state index is 13.5. The summed E-state index contributed by atoms with van der Waals surface area (Å²) in [5.74, 6) is 0. The Bertz CT molecular complexity index is 704. The smallest absolute Gasteiger partial charge is 0.237 e. The van der Waals surface area contributed by atoms with E-state index in [-0.39, 0.29) is 9.79 Å². The van der Waals surface area contributed by atoms with E-state index >= 15 is 0 Å². The van der Waals surface area contributed by atoms with Crippen LogP contribution in [0.1, 0.15) is 0 Å². The number of rotatable bonds is 5. The maximum absolute atomic E-state index is 13.5. The number of halogens is 6. The van der Waals surface area contributed by atoms with Crippen molar-refractivity contribution in [1.29, 1.82) is 0 Å². The van der Waals surface area contributed by atoms with Gasteiger partial charge in [-0.3, -0.25) is 0 Å². The number of hydrogen-bond donors (Lipinski definition) is 1. The van der Waals surface area contributed by atoms with E-state index in [0.29, 0.717) is 0 Å².